The number of benzene rings is 2. The first kappa shape index (κ1) is 19.2. The fourth-order valence-electron chi connectivity index (χ4n) is 2.70. The van der Waals surface area contributed by atoms with Crippen LogP contribution in [0.4, 0.5) is 10.1 Å². The molecule has 0 aliphatic rings. The van der Waals surface area contributed by atoms with Gasteiger partial charge in [-0.25, -0.2) is 12.8 Å². The Hall–Kier alpha value is -2.14. The Morgan fingerprint density at radius 2 is 1.84 bits per heavy atom. The van der Waals surface area contributed by atoms with E-state index in [9.17, 15) is 12.8 Å². The van der Waals surface area contributed by atoms with Gasteiger partial charge in [-0.15, -0.1) is 0 Å². The Morgan fingerprint density at radius 3 is 2.36 bits per heavy atom. The van der Waals surface area contributed by atoms with E-state index in [1.165, 1.54) is 22.5 Å². The number of rotatable bonds is 6. The standard InChI is InChI=1S/C20H24FNO2S/c1-6-17-8-9-18(12-19(17)21)25(23,24)22(13-14(2)3)20-10-7-15(4)11-16(20)5/h6-12,14H,1,13H2,2-5H3. The van der Waals surface area contributed by atoms with E-state index in [2.05, 4.69) is 6.58 Å². The van der Waals surface area contributed by atoms with Crippen LogP contribution in [0.1, 0.15) is 30.5 Å². The highest BCUT2D eigenvalue weighted by molar-refractivity contribution is 7.92. The van der Waals surface area contributed by atoms with Crippen molar-refractivity contribution in [2.24, 2.45) is 5.92 Å². The van der Waals surface area contributed by atoms with Crippen LogP contribution in [0.2, 0.25) is 0 Å². The molecule has 0 spiro atoms. The Morgan fingerprint density at radius 1 is 1.16 bits per heavy atom. The van der Waals surface area contributed by atoms with Crippen molar-refractivity contribution in [2.75, 3.05) is 10.8 Å². The van der Waals surface area contributed by atoms with Gasteiger partial charge in [0.2, 0.25) is 0 Å². The highest BCUT2D eigenvalue weighted by atomic mass is 32.2. The lowest BCUT2D eigenvalue weighted by atomic mass is 10.1. The van der Waals surface area contributed by atoms with E-state index in [-0.39, 0.29) is 16.4 Å². The van der Waals surface area contributed by atoms with Crippen LogP contribution in [-0.4, -0.2) is 15.0 Å². The Bertz CT molecular complexity index is 889. The summed E-state index contributed by atoms with van der Waals surface area (Å²) in [4.78, 5) is -0.0591. The van der Waals surface area contributed by atoms with Crippen LogP contribution in [0.15, 0.2) is 47.9 Å². The molecule has 0 aliphatic heterocycles. The second-order valence-corrected chi connectivity index (χ2v) is 8.47. The molecule has 134 valence electrons. The molecule has 0 bridgehead atoms. The van der Waals surface area contributed by atoms with Gasteiger partial charge in [0.05, 0.1) is 10.6 Å². The first-order valence-electron chi connectivity index (χ1n) is 8.18. The van der Waals surface area contributed by atoms with E-state index in [1.54, 1.807) is 6.07 Å². The fraction of sp³-hybridized carbons (Fsp3) is 0.300. The number of hydrogen-bond acceptors (Lipinski definition) is 2. The largest absolute Gasteiger partial charge is 0.266 e. The summed E-state index contributed by atoms with van der Waals surface area (Å²) in [6.45, 7) is 11.6. The van der Waals surface area contributed by atoms with Crippen molar-refractivity contribution >= 4 is 21.8 Å². The minimum absolute atomic E-state index is 0.0591. The molecule has 0 fully saturated rings. The van der Waals surface area contributed by atoms with E-state index in [0.717, 1.165) is 17.2 Å². The maximum Gasteiger partial charge on any atom is 0.264 e. The van der Waals surface area contributed by atoms with Gasteiger partial charge in [-0.3, -0.25) is 4.31 Å². The molecule has 0 heterocycles. The van der Waals surface area contributed by atoms with Gasteiger partial charge >= 0.3 is 0 Å². The van der Waals surface area contributed by atoms with E-state index in [0.29, 0.717) is 12.2 Å². The van der Waals surface area contributed by atoms with Gasteiger partial charge in [-0.1, -0.05) is 50.3 Å². The molecule has 0 saturated heterocycles. The number of nitrogens with zero attached hydrogens (tertiary/aromatic N) is 1. The number of hydrogen-bond donors (Lipinski definition) is 0. The summed E-state index contributed by atoms with van der Waals surface area (Å²) in [5.74, 6) is -0.478. The third kappa shape index (κ3) is 4.10. The van der Waals surface area contributed by atoms with Crippen LogP contribution < -0.4 is 4.31 Å². The van der Waals surface area contributed by atoms with Crippen LogP contribution in [0.5, 0.6) is 0 Å². The molecule has 0 radical (unpaired) electrons. The maximum absolute atomic E-state index is 14.1. The molecule has 0 aromatic heterocycles. The highest BCUT2D eigenvalue weighted by Crippen LogP contribution is 2.29. The molecule has 3 nitrogen and oxygen atoms in total. The van der Waals surface area contributed by atoms with Crippen molar-refractivity contribution in [1.29, 1.82) is 0 Å². The molecule has 0 aliphatic carbocycles. The van der Waals surface area contributed by atoms with Crippen molar-refractivity contribution in [3.05, 3.63) is 65.5 Å². The van der Waals surface area contributed by atoms with Crippen LogP contribution in [0.3, 0.4) is 0 Å². The lowest BCUT2D eigenvalue weighted by Gasteiger charge is -2.28. The van der Waals surface area contributed by atoms with Crippen molar-refractivity contribution in [1.82, 2.24) is 0 Å². The molecular weight excluding hydrogens is 337 g/mol. The minimum atomic E-state index is -3.87. The van der Waals surface area contributed by atoms with E-state index in [4.69, 9.17) is 0 Å². The van der Waals surface area contributed by atoms with Gasteiger partial charge in [0.25, 0.3) is 10.0 Å². The number of sulfonamides is 1. The Kier molecular flexibility index (Phi) is 5.68. The fourth-order valence-corrected chi connectivity index (χ4v) is 4.41. The molecule has 25 heavy (non-hydrogen) atoms. The molecule has 0 N–H and O–H groups in total. The highest BCUT2D eigenvalue weighted by Gasteiger charge is 2.27. The monoisotopic (exact) mass is 361 g/mol. The predicted molar refractivity (Wildman–Crippen MR) is 102 cm³/mol. The average Bonchev–Trinajstić information content (AvgIpc) is 2.52. The summed E-state index contributed by atoms with van der Waals surface area (Å²) >= 11 is 0. The normalized spacial score (nSPS) is 11.6. The molecule has 0 saturated carbocycles. The van der Waals surface area contributed by atoms with Gasteiger partial charge in [0, 0.05) is 12.1 Å². The van der Waals surface area contributed by atoms with Crippen LogP contribution >= 0.6 is 0 Å². The molecule has 2 rings (SSSR count). The van der Waals surface area contributed by atoms with Gasteiger partial charge in [0.1, 0.15) is 5.82 Å². The van der Waals surface area contributed by atoms with Crippen molar-refractivity contribution in [3.8, 4) is 0 Å². The molecule has 0 unspecified atom stereocenters. The zero-order chi connectivity index (χ0) is 18.8. The number of anilines is 1. The Balaban J connectivity index is 2.59. The second-order valence-electron chi connectivity index (χ2n) is 6.61. The van der Waals surface area contributed by atoms with Gasteiger partial charge in [-0.05, 0) is 43.5 Å². The van der Waals surface area contributed by atoms with E-state index >= 15 is 0 Å². The van der Waals surface area contributed by atoms with E-state index in [1.807, 2.05) is 39.8 Å². The Labute approximate surface area is 149 Å². The zero-order valence-corrected chi connectivity index (χ0v) is 15.9. The summed E-state index contributed by atoms with van der Waals surface area (Å²) in [6.07, 6.45) is 1.36. The smallest absolute Gasteiger partial charge is 0.264 e. The summed E-state index contributed by atoms with van der Waals surface area (Å²) in [6, 6.07) is 9.55. The van der Waals surface area contributed by atoms with Crippen LogP contribution in [-0.2, 0) is 10.0 Å². The first-order chi connectivity index (χ1) is 11.7. The zero-order valence-electron chi connectivity index (χ0n) is 15.1. The minimum Gasteiger partial charge on any atom is -0.266 e. The predicted octanol–water partition coefficient (Wildman–Crippen LogP) is 4.94. The second kappa shape index (κ2) is 7.40. The van der Waals surface area contributed by atoms with Gasteiger partial charge in [0.15, 0.2) is 0 Å². The topological polar surface area (TPSA) is 37.4 Å². The SMILES string of the molecule is C=Cc1ccc(S(=O)(=O)N(CC(C)C)c2ccc(C)cc2C)cc1F. The molecule has 5 heteroatoms. The summed E-state index contributed by atoms with van der Waals surface area (Å²) in [5, 5.41) is 0. The lowest BCUT2D eigenvalue weighted by molar-refractivity contribution is 0.574. The van der Waals surface area contributed by atoms with Crippen LogP contribution in [0.25, 0.3) is 6.08 Å². The van der Waals surface area contributed by atoms with Crippen LogP contribution in [0, 0.1) is 25.6 Å². The number of halogens is 1. The molecule has 0 amide bonds. The van der Waals surface area contributed by atoms with Gasteiger partial charge in [-0.2, -0.15) is 0 Å². The quantitative estimate of drug-likeness (QED) is 0.731. The summed E-state index contributed by atoms with van der Waals surface area (Å²) < 4.78 is 41.8. The third-order valence-corrected chi connectivity index (χ3v) is 5.71. The molecule has 2 aromatic carbocycles. The van der Waals surface area contributed by atoms with E-state index < -0.39 is 15.8 Å². The molecular formula is C20H24FNO2S. The lowest BCUT2D eigenvalue weighted by Crippen LogP contribution is -2.35. The van der Waals surface area contributed by atoms with Crippen molar-refractivity contribution in [2.45, 2.75) is 32.6 Å². The third-order valence-electron chi connectivity index (χ3n) is 3.93. The maximum atomic E-state index is 14.1. The average molecular weight is 361 g/mol. The number of aryl methyl sites for hydroxylation is 2. The summed E-state index contributed by atoms with van der Waals surface area (Å²) in [5.41, 5.74) is 2.82. The van der Waals surface area contributed by atoms with Crippen molar-refractivity contribution in [3.63, 3.8) is 0 Å². The van der Waals surface area contributed by atoms with Crippen molar-refractivity contribution < 1.29 is 12.8 Å². The first-order valence-corrected chi connectivity index (χ1v) is 9.62. The molecule has 0 atom stereocenters. The summed E-state index contributed by atoms with van der Waals surface area (Å²) in [7, 11) is -3.87. The van der Waals surface area contributed by atoms with Gasteiger partial charge < -0.3 is 0 Å². The molecule has 2 aromatic rings.